The van der Waals surface area contributed by atoms with Gasteiger partial charge in [0, 0.05) is 30.1 Å². The van der Waals surface area contributed by atoms with Crippen LogP contribution in [0.5, 0.6) is 0 Å². The number of aromatic nitrogens is 1. The predicted molar refractivity (Wildman–Crippen MR) is 95.5 cm³/mol. The number of halogens is 3. The van der Waals surface area contributed by atoms with Crippen molar-refractivity contribution < 1.29 is 8.78 Å². The summed E-state index contributed by atoms with van der Waals surface area (Å²) in [5, 5.41) is 3.35. The smallest absolute Gasteiger partial charge is 0.130 e. The summed E-state index contributed by atoms with van der Waals surface area (Å²) in [5.41, 5.74) is 2.98. The van der Waals surface area contributed by atoms with E-state index < -0.39 is 11.6 Å². The van der Waals surface area contributed by atoms with Crippen molar-refractivity contribution in [2.45, 2.75) is 26.4 Å². The van der Waals surface area contributed by atoms with Crippen LogP contribution in [0.3, 0.4) is 0 Å². The molecule has 1 aromatic heterocycles. The second-order valence-electron chi connectivity index (χ2n) is 6.09. The monoisotopic (exact) mass is 373 g/mol. The molecule has 3 nitrogen and oxygen atoms in total. The highest BCUT2D eigenvalue weighted by molar-refractivity contribution is 7.09. The van der Waals surface area contributed by atoms with Crippen molar-refractivity contribution in [3.05, 3.63) is 51.5 Å². The summed E-state index contributed by atoms with van der Waals surface area (Å²) in [6, 6.07) is 4.06. The van der Waals surface area contributed by atoms with Crippen molar-refractivity contribution >= 4 is 23.7 Å². The molecular weight excluding hydrogens is 352 g/mol. The van der Waals surface area contributed by atoms with Gasteiger partial charge < -0.3 is 5.32 Å². The van der Waals surface area contributed by atoms with E-state index in [1.807, 2.05) is 12.4 Å². The van der Waals surface area contributed by atoms with Crippen LogP contribution in [0, 0.1) is 24.5 Å². The molecule has 2 heterocycles. The summed E-state index contributed by atoms with van der Waals surface area (Å²) in [7, 11) is 0. The minimum Gasteiger partial charge on any atom is -0.316 e. The van der Waals surface area contributed by atoms with Gasteiger partial charge in [0.05, 0.1) is 11.2 Å². The third kappa shape index (κ3) is 4.72. The average molecular weight is 374 g/mol. The molecule has 0 amide bonds. The van der Waals surface area contributed by atoms with Crippen LogP contribution < -0.4 is 5.32 Å². The summed E-state index contributed by atoms with van der Waals surface area (Å²) < 4.78 is 28.0. The lowest BCUT2D eigenvalue weighted by Crippen LogP contribution is -2.30. The van der Waals surface area contributed by atoms with E-state index in [4.69, 9.17) is 0 Å². The Morgan fingerprint density at radius 2 is 2.04 bits per heavy atom. The Bertz CT molecular complexity index is 639. The Hall–Kier alpha value is -1.08. The van der Waals surface area contributed by atoms with Crippen LogP contribution in [-0.4, -0.2) is 29.5 Å². The lowest BCUT2D eigenvalue weighted by molar-refractivity contribution is 0.216. The molecule has 1 aromatic carbocycles. The molecule has 0 spiro atoms. The quantitative estimate of drug-likeness (QED) is 0.835. The predicted octanol–water partition coefficient (Wildman–Crippen LogP) is 3.76. The Labute approximate surface area is 151 Å². The van der Waals surface area contributed by atoms with Crippen LogP contribution in [0.15, 0.2) is 23.7 Å². The van der Waals surface area contributed by atoms with E-state index in [0.717, 1.165) is 36.6 Å². The zero-order valence-electron chi connectivity index (χ0n) is 13.6. The van der Waals surface area contributed by atoms with Gasteiger partial charge in [0.2, 0.25) is 0 Å². The van der Waals surface area contributed by atoms with Gasteiger partial charge >= 0.3 is 0 Å². The molecule has 0 bridgehead atoms. The molecule has 132 valence electrons. The largest absolute Gasteiger partial charge is 0.316 e. The third-order valence-corrected chi connectivity index (χ3v) is 5.25. The van der Waals surface area contributed by atoms with Gasteiger partial charge in [0.15, 0.2) is 0 Å². The topological polar surface area (TPSA) is 28.2 Å². The van der Waals surface area contributed by atoms with Gasteiger partial charge in [-0.15, -0.1) is 23.7 Å². The average Bonchev–Trinajstić information content (AvgIpc) is 3.16. The molecule has 1 atom stereocenters. The number of hydrogen-bond acceptors (Lipinski definition) is 4. The van der Waals surface area contributed by atoms with Gasteiger partial charge in [-0.3, -0.25) is 4.90 Å². The molecule has 0 saturated carbocycles. The standard InChI is InChI=1S/C17H21F2N3S.ClH/c1-12-17(23-11-21-12)10-22(8-13-5-6-20-7-13)9-14-15(18)3-2-4-16(14)19;/h2-4,11,13,20H,5-10H2,1H3;1H. The van der Waals surface area contributed by atoms with Gasteiger partial charge in [-0.2, -0.15) is 0 Å². The van der Waals surface area contributed by atoms with Gasteiger partial charge in [0.1, 0.15) is 11.6 Å². The molecule has 1 fully saturated rings. The van der Waals surface area contributed by atoms with E-state index in [1.165, 1.54) is 18.2 Å². The van der Waals surface area contributed by atoms with Crippen molar-refractivity contribution in [2.75, 3.05) is 19.6 Å². The van der Waals surface area contributed by atoms with E-state index >= 15 is 0 Å². The number of nitrogens with one attached hydrogen (secondary N) is 1. The van der Waals surface area contributed by atoms with E-state index in [-0.39, 0.29) is 24.5 Å². The summed E-state index contributed by atoms with van der Waals surface area (Å²) >= 11 is 1.60. The van der Waals surface area contributed by atoms with Crippen LogP contribution in [-0.2, 0) is 13.1 Å². The number of aryl methyl sites for hydroxylation is 1. The Kier molecular flexibility index (Phi) is 7.10. The first-order valence-corrected chi connectivity index (χ1v) is 8.76. The molecule has 1 unspecified atom stereocenters. The molecule has 1 aliphatic rings. The second-order valence-corrected chi connectivity index (χ2v) is 7.03. The summed E-state index contributed by atoms with van der Waals surface area (Å²) in [6.45, 7) is 5.76. The van der Waals surface area contributed by atoms with Gasteiger partial charge in [-0.25, -0.2) is 13.8 Å². The highest BCUT2D eigenvalue weighted by atomic mass is 35.5. The van der Waals surface area contributed by atoms with Crippen molar-refractivity contribution in [3.8, 4) is 0 Å². The molecule has 3 rings (SSSR count). The highest BCUT2D eigenvalue weighted by Crippen LogP contribution is 2.22. The Morgan fingerprint density at radius 3 is 2.62 bits per heavy atom. The van der Waals surface area contributed by atoms with E-state index in [2.05, 4.69) is 15.2 Å². The van der Waals surface area contributed by atoms with Crippen LogP contribution in [0.4, 0.5) is 8.78 Å². The maximum Gasteiger partial charge on any atom is 0.130 e. The summed E-state index contributed by atoms with van der Waals surface area (Å²) in [6.07, 6.45) is 1.11. The third-order valence-electron chi connectivity index (χ3n) is 4.33. The van der Waals surface area contributed by atoms with Crippen LogP contribution in [0.1, 0.15) is 22.6 Å². The second kappa shape index (κ2) is 8.85. The van der Waals surface area contributed by atoms with Gasteiger partial charge in [0.25, 0.3) is 0 Å². The molecule has 1 saturated heterocycles. The minimum atomic E-state index is -0.472. The highest BCUT2D eigenvalue weighted by Gasteiger charge is 2.21. The van der Waals surface area contributed by atoms with Crippen LogP contribution in [0.25, 0.3) is 0 Å². The number of rotatable bonds is 6. The summed E-state index contributed by atoms with van der Waals surface area (Å²) in [5.74, 6) is -0.417. The van der Waals surface area contributed by atoms with Crippen molar-refractivity contribution in [3.63, 3.8) is 0 Å². The van der Waals surface area contributed by atoms with Crippen LogP contribution >= 0.6 is 23.7 Å². The maximum atomic E-state index is 14.0. The fourth-order valence-corrected chi connectivity index (χ4v) is 3.83. The number of thiazole rings is 1. The maximum absolute atomic E-state index is 14.0. The summed E-state index contributed by atoms with van der Waals surface area (Å²) in [4.78, 5) is 7.57. The molecule has 2 aromatic rings. The van der Waals surface area contributed by atoms with E-state index in [1.54, 1.807) is 11.3 Å². The minimum absolute atomic E-state index is 0. The van der Waals surface area contributed by atoms with Gasteiger partial charge in [-0.1, -0.05) is 6.07 Å². The Balaban J connectivity index is 0.00000208. The molecule has 0 aliphatic carbocycles. The SMILES string of the molecule is Cc1ncsc1CN(Cc1c(F)cccc1F)CC1CCNC1.Cl. The lowest BCUT2D eigenvalue weighted by atomic mass is 10.1. The van der Waals surface area contributed by atoms with Crippen molar-refractivity contribution in [1.82, 2.24) is 15.2 Å². The fraction of sp³-hybridized carbons (Fsp3) is 0.471. The van der Waals surface area contributed by atoms with E-state index in [9.17, 15) is 8.78 Å². The molecule has 0 radical (unpaired) electrons. The normalized spacial score (nSPS) is 17.2. The number of benzene rings is 1. The first-order chi connectivity index (χ1) is 11.1. The molecule has 1 N–H and O–H groups in total. The lowest BCUT2D eigenvalue weighted by Gasteiger charge is -2.25. The van der Waals surface area contributed by atoms with Crippen molar-refractivity contribution in [1.29, 1.82) is 0 Å². The number of nitrogens with zero attached hydrogens (tertiary/aromatic N) is 2. The van der Waals surface area contributed by atoms with E-state index in [0.29, 0.717) is 12.5 Å². The number of hydrogen-bond donors (Lipinski definition) is 1. The van der Waals surface area contributed by atoms with Crippen LogP contribution in [0.2, 0.25) is 0 Å². The zero-order chi connectivity index (χ0) is 16.2. The molecule has 1 aliphatic heterocycles. The molecule has 24 heavy (non-hydrogen) atoms. The molecule has 7 heteroatoms. The first kappa shape index (κ1) is 19.2. The Morgan fingerprint density at radius 1 is 1.29 bits per heavy atom. The fourth-order valence-electron chi connectivity index (χ4n) is 3.01. The first-order valence-electron chi connectivity index (χ1n) is 7.88. The van der Waals surface area contributed by atoms with Gasteiger partial charge in [-0.05, 0) is 44.5 Å². The molecular formula is C17H22ClF2N3S. The van der Waals surface area contributed by atoms with Crippen molar-refractivity contribution in [2.24, 2.45) is 5.92 Å². The zero-order valence-corrected chi connectivity index (χ0v) is 15.2.